The lowest BCUT2D eigenvalue weighted by atomic mass is 10.1. The standard InChI is InChI=1S/C20H19N3O4/c1-25-16-10-6-5-9-15(16)20(24)23-11-12-26-17(13-23)18-21-19(27-22-18)14-7-3-2-4-8-14/h2-10,17H,11-13H2,1H3. The first kappa shape index (κ1) is 17.2. The van der Waals surface area contributed by atoms with Gasteiger partial charge in [-0.05, 0) is 24.3 Å². The van der Waals surface area contributed by atoms with Crippen molar-refractivity contribution in [3.8, 4) is 17.2 Å². The van der Waals surface area contributed by atoms with Crippen molar-refractivity contribution < 1.29 is 18.8 Å². The first-order valence-electron chi connectivity index (χ1n) is 8.69. The Bertz CT molecular complexity index is 926. The summed E-state index contributed by atoms with van der Waals surface area (Å²) in [6.07, 6.45) is -0.432. The van der Waals surface area contributed by atoms with E-state index in [2.05, 4.69) is 10.1 Å². The molecular weight excluding hydrogens is 346 g/mol. The molecule has 3 aromatic rings. The van der Waals surface area contributed by atoms with E-state index in [1.165, 1.54) is 0 Å². The van der Waals surface area contributed by atoms with Gasteiger partial charge in [-0.25, -0.2) is 0 Å². The van der Waals surface area contributed by atoms with Gasteiger partial charge in [0.25, 0.3) is 11.8 Å². The van der Waals surface area contributed by atoms with Gasteiger partial charge in [0, 0.05) is 12.1 Å². The Balaban J connectivity index is 1.52. The molecule has 0 N–H and O–H groups in total. The fourth-order valence-electron chi connectivity index (χ4n) is 3.05. The van der Waals surface area contributed by atoms with E-state index in [0.717, 1.165) is 5.56 Å². The molecule has 1 fully saturated rings. The summed E-state index contributed by atoms with van der Waals surface area (Å²) in [4.78, 5) is 19.1. The minimum atomic E-state index is -0.432. The molecule has 27 heavy (non-hydrogen) atoms. The van der Waals surface area contributed by atoms with E-state index in [-0.39, 0.29) is 5.91 Å². The number of hydrogen-bond donors (Lipinski definition) is 0. The molecule has 4 rings (SSSR count). The van der Waals surface area contributed by atoms with Crippen LogP contribution in [0.2, 0.25) is 0 Å². The molecule has 138 valence electrons. The zero-order valence-corrected chi connectivity index (χ0v) is 14.9. The zero-order chi connectivity index (χ0) is 18.6. The number of ether oxygens (including phenoxy) is 2. The molecule has 0 spiro atoms. The van der Waals surface area contributed by atoms with E-state index in [0.29, 0.717) is 42.7 Å². The summed E-state index contributed by atoms with van der Waals surface area (Å²) in [5.41, 5.74) is 1.37. The van der Waals surface area contributed by atoms with Crippen LogP contribution in [-0.2, 0) is 4.74 Å². The number of rotatable bonds is 4. The number of nitrogens with zero attached hydrogens (tertiary/aromatic N) is 3. The van der Waals surface area contributed by atoms with E-state index in [1.807, 2.05) is 42.5 Å². The molecule has 0 bridgehead atoms. The molecule has 7 heteroatoms. The summed E-state index contributed by atoms with van der Waals surface area (Å²) in [6.45, 7) is 1.25. The smallest absolute Gasteiger partial charge is 0.258 e. The van der Waals surface area contributed by atoms with Crippen LogP contribution < -0.4 is 4.74 Å². The number of morpholine rings is 1. The molecule has 7 nitrogen and oxygen atoms in total. The minimum absolute atomic E-state index is 0.104. The van der Waals surface area contributed by atoms with Gasteiger partial charge in [0.1, 0.15) is 11.9 Å². The van der Waals surface area contributed by atoms with Gasteiger partial charge >= 0.3 is 0 Å². The van der Waals surface area contributed by atoms with Crippen molar-refractivity contribution in [1.82, 2.24) is 15.0 Å². The summed E-state index contributed by atoms with van der Waals surface area (Å²) < 4.78 is 16.4. The van der Waals surface area contributed by atoms with E-state index < -0.39 is 6.10 Å². The van der Waals surface area contributed by atoms with Crippen molar-refractivity contribution in [2.75, 3.05) is 26.8 Å². The number of methoxy groups -OCH3 is 1. The molecule has 1 aliphatic rings. The summed E-state index contributed by atoms with van der Waals surface area (Å²) in [5.74, 6) is 1.32. The van der Waals surface area contributed by atoms with Crippen LogP contribution in [0.15, 0.2) is 59.1 Å². The first-order chi connectivity index (χ1) is 13.3. The number of benzene rings is 2. The Morgan fingerprint density at radius 2 is 1.93 bits per heavy atom. The van der Waals surface area contributed by atoms with E-state index >= 15 is 0 Å². The van der Waals surface area contributed by atoms with Crippen molar-refractivity contribution in [2.24, 2.45) is 0 Å². The highest BCUT2D eigenvalue weighted by Gasteiger charge is 2.30. The summed E-state index contributed by atoms with van der Waals surface area (Å²) in [7, 11) is 1.55. The van der Waals surface area contributed by atoms with Gasteiger partial charge < -0.3 is 18.9 Å². The third-order valence-electron chi connectivity index (χ3n) is 4.44. The van der Waals surface area contributed by atoms with Gasteiger partial charge in [-0.15, -0.1) is 0 Å². The Morgan fingerprint density at radius 3 is 2.74 bits per heavy atom. The Kier molecular flexibility index (Phi) is 4.84. The van der Waals surface area contributed by atoms with Crippen molar-refractivity contribution in [3.05, 3.63) is 66.0 Å². The zero-order valence-electron chi connectivity index (χ0n) is 14.9. The fraction of sp³-hybridized carbons (Fsp3) is 0.250. The molecule has 0 saturated carbocycles. The van der Waals surface area contributed by atoms with Crippen LogP contribution in [0.5, 0.6) is 5.75 Å². The molecule has 0 aliphatic carbocycles. The summed E-state index contributed by atoms with van der Waals surface area (Å²) in [5, 5.41) is 4.04. The summed E-state index contributed by atoms with van der Waals surface area (Å²) in [6, 6.07) is 16.7. The molecule has 2 aromatic carbocycles. The van der Waals surface area contributed by atoms with Crippen LogP contribution in [0.25, 0.3) is 11.5 Å². The predicted molar refractivity (Wildman–Crippen MR) is 97.3 cm³/mol. The lowest BCUT2D eigenvalue weighted by Gasteiger charge is -2.31. The van der Waals surface area contributed by atoms with Crippen LogP contribution in [0.1, 0.15) is 22.3 Å². The largest absolute Gasteiger partial charge is 0.496 e. The van der Waals surface area contributed by atoms with Gasteiger partial charge in [-0.3, -0.25) is 4.79 Å². The topological polar surface area (TPSA) is 77.7 Å². The molecule has 1 unspecified atom stereocenters. The molecule has 1 atom stereocenters. The highest BCUT2D eigenvalue weighted by Crippen LogP contribution is 2.26. The highest BCUT2D eigenvalue weighted by atomic mass is 16.5. The quantitative estimate of drug-likeness (QED) is 0.707. The SMILES string of the molecule is COc1ccccc1C(=O)N1CCOC(c2noc(-c3ccccc3)n2)C1. The van der Waals surface area contributed by atoms with Crippen molar-refractivity contribution >= 4 is 5.91 Å². The Morgan fingerprint density at radius 1 is 1.15 bits per heavy atom. The predicted octanol–water partition coefficient (Wildman–Crippen LogP) is 2.96. The van der Waals surface area contributed by atoms with Crippen molar-refractivity contribution in [3.63, 3.8) is 0 Å². The molecule has 1 aliphatic heterocycles. The van der Waals surface area contributed by atoms with Crippen molar-refractivity contribution in [2.45, 2.75) is 6.10 Å². The highest BCUT2D eigenvalue weighted by molar-refractivity contribution is 5.97. The molecule has 1 saturated heterocycles. The molecule has 1 aromatic heterocycles. The van der Waals surface area contributed by atoms with E-state index in [4.69, 9.17) is 14.0 Å². The maximum Gasteiger partial charge on any atom is 0.258 e. The maximum absolute atomic E-state index is 12.9. The number of aromatic nitrogens is 2. The molecular formula is C20H19N3O4. The van der Waals surface area contributed by atoms with Crippen LogP contribution in [0.4, 0.5) is 0 Å². The lowest BCUT2D eigenvalue weighted by molar-refractivity contribution is -0.0277. The van der Waals surface area contributed by atoms with Gasteiger partial charge in [0.15, 0.2) is 0 Å². The van der Waals surface area contributed by atoms with E-state index in [1.54, 1.807) is 24.1 Å². The maximum atomic E-state index is 12.9. The molecule has 1 amide bonds. The van der Waals surface area contributed by atoms with Crippen LogP contribution in [0.3, 0.4) is 0 Å². The average molecular weight is 365 g/mol. The molecule has 2 heterocycles. The van der Waals surface area contributed by atoms with Gasteiger partial charge in [0.2, 0.25) is 5.82 Å². The number of carbonyl (C=O) groups excluding carboxylic acids is 1. The number of amides is 1. The lowest BCUT2D eigenvalue weighted by Crippen LogP contribution is -2.42. The fourth-order valence-corrected chi connectivity index (χ4v) is 3.05. The van der Waals surface area contributed by atoms with Crippen LogP contribution >= 0.6 is 0 Å². The second-order valence-electron chi connectivity index (χ2n) is 6.13. The summed E-state index contributed by atoms with van der Waals surface area (Å²) >= 11 is 0. The second kappa shape index (κ2) is 7.59. The third-order valence-corrected chi connectivity index (χ3v) is 4.44. The van der Waals surface area contributed by atoms with Gasteiger partial charge in [0.05, 0.1) is 25.8 Å². The third kappa shape index (κ3) is 3.54. The van der Waals surface area contributed by atoms with Gasteiger partial charge in [-0.1, -0.05) is 35.5 Å². The normalized spacial score (nSPS) is 16.9. The van der Waals surface area contributed by atoms with Crippen molar-refractivity contribution in [1.29, 1.82) is 0 Å². The average Bonchev–Trinajstić information content (AvgIpc) is 3.24. The van der Waals surface area contributed by atoms with Crippen LogP contribution in [0, 0.1) is 0 Å². The molecule has 0 radical (unpaired) electrons. The minimum Gasteiger partial charge on any atom is -0.496 e. The van der Waals surface area contributed by atoms with E-state index in [9.17, 15) is 4.79 Å². The Hall–Kier alpha value is -3.19. The van der Waals surface area contributed by atoms with Crippen LogP contribution in [-0.4, -0.2) is 47.8 Å². The second-order valence-corrected chi connectivity index (χ2v) is 6.13. The number of hydrogen-bond acceptors (Lipinski definition) is 6. The monoisotopic (exact) mass is 365 g/mol. The number of carbonyl (C=O) groups is 1. The van der Waals surface area contributed by atoms with Gasteiger partial charge in [-0.2, -0.15) is 4.98 Å². The first-order valence-corrected chi connectivity index (χ1v) is 8.69. The Labute approximate surface area is 156 Å². The number of para-hydroxylation sites is 1.